The smallest absolute Gasteiger partial charge is 0.266 e. The fourth-order valence-electron chi connectivity index (χ4n) is 4.01. The predicted molar refractivity (Wildman–Crippen MR) is 143 cm³/mol. The highest BCUT2D eigenvalue weighted by molar-refractivity contribution is 7.71. The molecule has 1 aromatic heterocycles. The van der Waals surface area contributed by atoms with Gasteiger partial charge in [0.15, 0.2) is 16.3 Å². The zero-order valence-corrected chi connectivity index (χ0v) is 21.7. The largest absolute Gasteiger partial charge is 0.497 e. The van der Waals surface area contributed by atoms with Gasteiger partial charge in [-0.25, -0.2) is 4.57 Å². The van der Waals surface area contributed by atoms with Crippen LogP contribution in [0.1, 0.15) is 15.9 Å². The zero-order chi connectivity index (χ0) is 26.5. The van der Waals surface area contributed by atoms with E-state index in [1.807, 2.05) is 18.2 Å². The number of aromatic amines is 1. The molecule has 0 unspecified atom stereocenters. The highest BCUT2D eigenvalue weighted by Crippen LogP contribution is 2.28. The van der Waals surface area contributed by atoms with Crippen molar-refractivity contribution in [2.24, 2.45) is 0 Å². The first-order chi connectivity index (χ1) is 17.9. The molecule has 3 aromatic carbocycles. The first-order valence-electron chi connectivity index (χ1n) is 11.4. The summed E-state index contributed by atoms with van der Waals surface area (Å²) in [4.78, 5) is 29.2. The Hall–Kier alpha value is -4.31. The normalized spacial score (nSPS) is 10.7. The number of carbonyl (C=O) groups is 1. The predicted octanol–water partition coefficient (Wildman–Crippen LogP) is 4.06. The summed E-state index contributed by atoms with van der Waals surface area (Å²) in [6.45, 7) is 0.418. The molecule has 4 aromatic rings. The molecule has 4 rings (SSSR count). The summed E-state index contributed by atoms with van der Waals surface area (Å²) in [6.07, 6.45) is 0.608. The second kappa shape index (κ2) is 11.2. The van der Waals surface area contributed by atoms with E-state index < -0.39 is 0 Å². The van der Waals surface area contributed by atoms with Crippen LogP contribution in [-0.2, 0) is 6.42 Å². The summed E-state index contributed by atoms with van der Waals surface area (Å²) in [6, 6.07) is 15.6. The minimum atomic E-state index is -0.331. The molecular formula is C27H27N3O6S. The molecule has 0 aliphatic rings. The van der Waals surface area contributed by atoms with Crippen molar-refractivity contribution in [2.75, 3.05) is 35.0 Å². The number of rotatable bonds is 9. The molecule has 37 heavy (non-hydrogen) atoms. The lowest BCUT2D eigenvalue weighted by Crippen LogP contribution is -2.26. The molecule has 0 fully saturated rings. The third-order valence-corrected chi connectivity index (χ3v) is 6.22. The average molecular weight is 522 g/mol. The van der Waals surface area contributed by atoms with E-state index in [1.165, 1.54) is 11.7 Å². The molecule has 0 aliphatic heterocycles. The third kappa shape index (κ3) is 5.29. The van der Waals surface area contributed by atoms with Gasteiger partial charge in [0, 0.05) is 18.2 Å². The first-order valence-corrected chi connectivity index (χ1v) is 11.8. The average Bonchev–Trinajstić information content (AvgIpc) is 2.92. The number of hydrogen-bond acceptors (Lipinski definition) is 7. The molecule has 0 radical (unpaired) electrons. The Morgan fingerprint density at radius 1 is 0.892 bits per heavy atom. The minimum absolute atomic E-state index is 0.173. The third-order valence-electron chi connectivity index (χ3n) is 5.93. The number of ether oxygens (including phenoxy) is 4. The Labute approximate surface area is 218 Å². The van der Waals surface area contributed by atoms with Crippen molar-refractivity contribution in [3.63, 3.8) is 0 Å². The molecule has 1 amide bonds. The lowest BCUT2D eigenvalue weighted by Gasteiger charge is -2.14. The number of nitrogens with one attached hydrogen (secondary N) is 2. The van der Waals surface area contributed by atoms with Crippen LogP contribution in [-0.4, -0.2) is 50.4 Å². The van der Waals surface area contributed by atoms with E-state index >= 15 is 0 Å². The standard InChI is InChI=1S/C27H27N3O6S/c1-33-18-7-9-21(23(15-18)35-3)30-26(32)19-8-6-17(14-20(19)29-27(30)37)25(31)28-12-11-16-5-10-22(34-2)24(13-16)36-4/h5-10,13-15H,11-12H2,1-4H3,(H,28,31)(H,29,37). The van der Waals surface area contributed by atoms with Crippen molar-refractivity contribution >= 4 is 29.0 Å². The quantitative estimate of drug-likeness (QED) is 0.320. The van der Waals surface area contributed by atoms with Gasteiger partial charge in [-0.05, 0) is 66.7 Å². The van der Waals surface area contributed by atoms with Crippen LogP contribution in [0.2, 0.25) is 0 Å². The fraction of sp³-hybridized carbons (Fsp3) is 0.222. The maximum Gasteiger partial charge on any atom is 0.266 e. The van der Waals surface area contributed by atoms with Crippen LogP contribution >= 0.6 is 12.2 Å². The number of fused-ring (bicyclic) bond motifs is 1. The van der Waals surface area contributed by atoms with Crippen molar-refractivity contribution in [2.45, 2.75) is 6.42 Å². The lowest BCUT2D eigenvalue weighted by atomic mass is 10.1. The second-order valence-electron chi connectivity index (χ2n) is 8.06. The number of nitrogens with zero attached hydrogens (tertiary/aromatic N) is 1. The van der Waals surface area contributed by atoms with Crippen molar-refractivity contribution in [3.8, 4) is 28.7 Å². The Balaban J connectivity index is 1.56. The monoisotopic (exact) mass is 521 g/mol. The minimum Gasteiger partial charge on any atom is -0.497 e. The van der Waals surface area contributed by atoms with Crippen LogP contribution in [0.3, 0.4) is 0 Å². The van der Waals surface area contributed by atoms with Gasteiger partial charge in [-0.15, -0.1) is 0 Å². The van der Waals surface area contributed by atoms with Gasteiger partial charge in [0.2, 0.25) is 0 Å². The summed E-state index contributed by atoms with van der Waals surface area (Å²) in [5.74, 6) is 2.04. The van der Waals surface area contributed by atoms with Crippen molar-refractivity contribution in [1.29, 1.82) is 0 Å². The van der Waals surface area contributed by atoms with Crippen molar-refractivity contribution < 1.29 is 23.7 Å². The zero-order valence-electron chi connectivity index (χ0n) is 20.9. The lowest BCUT2D eigenvalue weighted by molar-refractivity contribution is 0.0954. The van der Waals surface area contributed by atoms with Gasteiger partial charge in [-0.3, -0.25) is 9.59 Å². The topological polar surface area (TPSA) is 104 Å². The Bertz CT molecular complexity index is 1580. The summed E-state index contributed by atoms with van der Waals surface area (Å²) >= 11 is 5.49. The van der Waals surface area contributed by atoms with E-state index in [9.17, 15) is 9.59 Å². The highest BCUT2D eigenvalue weighted by Gasteiger charge is 2.15. The molecule has 0 atom stereocenters. The molecule has 0 spiro atoms. The molecule has 1 heterocycles. The molecule has 10 heteroatoms. The summed E-state index contributed by atoms with van der Waals surface area (Å²) < 4.78 is 22.8. The molecule has 0 bridgehead atoms. The van der Waals surface area contributed by atoms with Crippen LogP contribution < -0.4 is 29.8 Å². The highest BCUT2D eigenvalue weighted by atomic mass is 32.1. The Morgan fingerprint density at radius 3 is 2.35 bits per heavy atom. The number of amides is 1. The summed E-state index contributed by atoms with van der Waals surface area (Å²) in [5, 5.41) is 3.29. The molecule has 0 saturated carbocycles. The molecular weight excluding hydrogens is 494 g/mol. The van der Waals surface area contributed by atoms with Crippen molar-refractivity contribution in [3.05, 3.63) is 80.8 Å². The Kier molecular flexibility index (Phi) is 7.78. The van der Waals surface area contributed by atoms with Gasteiger partial charge in [-0.2, -0.15) is 0 Å². The van der Waals surface area contributed by atoms with Gasteiger partial charge in [0.05, 0.1) is 45.0 Å². The fourth-order valence-corrected chi connectivity index (χ4v) is 4.30. The maximum absolute atomic E-state index is 13.4. The molecule has 0 aliphatic carbocycles. The van der Waals surface area contributed by atoms with E-state index in [4.69, 9.17) is 31.2 Å². The Morgan fingerprint density at radius 2 is 1.65 bits per heavy atom. The van der Waals surface area contributed by atoms with Crippen LogP contribution in [0.25, 0.3) is 16.6 Å². The van der Waals surface area contributed by atoms with Gasteiger partial charge in [0.1, 0.15) is 11.5 Å². The van der Waals surface area contributed by atoms with Crippen LogP contribution in [0.15, 0.2) is 59.4 Å². The van der Waals surface area contributed by atoms with E-state index in [0.29, 0.717) is 58.1 Å². The molecule has 2 N–H and O–H groups in total. The molecule has 192 valence electrons. The maximum atomic E-state index is 13.4. The van der Waals surface area contributed by atoms with Crippen LogP contribution in [0, 0.1) is 4.77 Å². The van der Waals surface area contributed by atoms with E-state index in [2.05, 4.69) is 10.3 Å². The van der Waals surface area contributed by atoms with Crippen molar-refractivity contribution in [1.82, 2.24) is 14.9 Å². The number of benzene rings is 3. The molecule has 9 nitrogen and oxygen atoms in total. The molecule has 0 saturated heterocycles. The first kappa shape index (κ1) is 25.8. The second-order valence-corrected chi connectivity index (χ2v) is 8.45. The van der Waals surface area contributed by atoms with E-state index in [0.717, 1.165) is 5.56 Å². The van der Waals surface area contributed by atoms with E-state index in [1.54, 1.807) is 57.7 Å². The van der Waals surface area contributed by atoms with Crippen LogP contribution in [0.5, 0.6) is 23.0 Å². The number of carbonyl (C=O) groups excluding carboxylic acids is 1. The van der Waals surface area contributed by atoms with Gasteiger partial charge in [0.25, 0.3) is 11.5 Å². The number of aromatic nitrogens is 2. The number of H-pyrrole nitrogens is 1. The summed E-state index contributed by atoms with van der Waals surface area (Å²) in [7, 11) is 6.22. The van der Waals surface area contributed by atoms with Gasteiger partial charge < -0.3 is 29.2 Å². The van der Waals surface area contributed by atoms with Crippen LogP contribution in [0.4, 0.5) is 0 Å². The summed E-state index contributed by atoms with van der Waals surface area (Å²) in [5.41, 5.74) is 2.02. The van der Waals surface area contributed by atoms with Gasteiger partial charge >= 0.3 is 0 Å². The number of hydrogen-bond donors (Lipinski definition) is 2. The SMILES string of the molecule is COc1ccc(-n2c(=S)[nH]c3cc(C(=O)NCCc4ccc(OC)c(OC)c4)ccc3c2=O)c(OC)c1. The van der Waals surface area contributed by atoms with E-state index in [-0.39, 0.29) is 16.2 Å². The van der Waals surface area contributed by atoms with Gasteiger partial charge in [-0.1, -0.05) is 6.07 Å². The number of methoxy groups -OCH3 is 4.